The van der Waals surface area contributed by atoms with Crippen molar-refractivity contribution in [3.05, 3.63) is 96.6 Å². The van der Waals surface area contributed by atoms with Crippen molar-refractivity contribution in [1.29, 1.82) is 0 Å². The monoisotopic (exact) mass is 348 g/mol. The Morgan fingerprint density at radius 3 is 2.23 bits per heavy atom. The van der Waals surface area contributed by atoms with Gasteiger partial charge in [0.05, 0.1) is 6.54 Å². The Balaban J connectivity index is 1.97. The molecule has 0 radical (unpaired) electrons. The number of carbonyl (C=O) groups is 2. The van der Waals surface area contributed by atoms with Crippen molar-refractivity contribution in [2.24, 2.45) is 0 Å². The van der Waals surface area contributed by atoms with Gasteiger partial charge in [-0.3, -0.25) is 14.5 Å². The molecule has 0 unspecified atom stereocenters. The summed E-state index contributed by atoms with van der Waals surface area (Å²) in [5.74, 6) is -0.367. The molecule has 4 nitrogen and oxygen atoms in total. The lowest BCUT2D eigenvalue weighted by Crippen LogP contribution is -2.29. The van der Waals surface area contributed by atoms with Crippen LogP contribution in [0.3, 0.4) is 0 Å². The molecule has 0 bridgehead atoms. The molecule has 0 aliphatic heterocycles. The molecular weight excluding hydrogens is 324 g/mol. The van der Waals surface area contributed by atoms with E-state index >= 15 is 0 Å². The summed E-state index contributed by atoms with van der Waals surface area (Å²) in [6, 6.07) is 16.4. The first-order valence-corrected chi connectivity index (χ1v) is 8.53. The first-order valence-electron chi connectivity index (χ1n) is 8.53. The zero-order valence-corrected chi connectivity index (χ0v) is 14.9. The molecule has 0 fully saturated rings. The van der Waals surface area contributed by atoms with Gasteiger partial charge in [-0.25, -0.2) is 0 Å². The standard InChI is InChI=1S/C22H24N2O2/c1-3-13-24(14-4-2)17-18-9-8-12-20(15-18)22(26)23-16-21(25)19-10-6-5-7-11-19/h3-12,15H,1-2,13-14,16-17H2,(H,23,26). The molecule has 0 aliphatic rings. The average molecular weight is 348 g/mol. The Labute approximate surface area is 154 Å². The topological polar surface area (TPSA) is 49.4 Å². The summed E-state index contributed by atoms with van der Waals surface area (Å²) < 4.78 is 0. The van der Waals surface area contributed by atoms with Crippen molar-refractivity contribution in [2.75, 3.05) is 19.6 Å². The van der Waals surface area contributed by atoms with Gasteiger partial charge in [0.25, 0.3) is 5.91 Å². The second-order valence-corrected chi connectivity index (χ2v) is 5.94. The van der Waals surface area contributed by atoms with Crippen LogP contribution in [0.2, 0.25) is 0 Å². The van der Waals surface area contributed by atoms with E-state index in [-0.39, 0.29) is 18.2 Å². The van der Waals surface area contributed by atoms with E-state index in [1.165, 1.54) is 0 Å². The van der Waals surface area contributed by atoms with Crippen LogP contribution < -0.4 is 5.32 Å². The van der Waals surface area contributed by atoms with Crippen LogP contribution in [0.15, 0.2) is 79.9 Å². The van der Waals surface area contributed by atoms with Gasteiger partial charge < -0.3 is 5.32 Å². The maximum absolute atomic E-state index is 12.4. The number of nitrogens with zero attached hydrogens (tertiary/aromatic N) is 1. The highest BCUT2D eigenvalue weighted by Crippen LogP contribution is 2.09. The number of hydrogen-bond acceptors (Lipinski definition) is 3. The van der Waals surface area contributed by atoms with E-state index in [1.54, 1.807) is 30.3 Å². The molecule has 0 spiro atoms. The molecule has 1 N–H and O–H groups in total. The smallest absolute Gasteiger partial charge is 0.251 e. The van der Waals surface area contributed by atoms with Gasteiger partial charge in [0.2, 0.25) is 0 Å². The first-order chi connectivity index (χ1) is 12.6. The molecule has 2 aromatic carbocycles. The minimum absolute atomic E-state index is 0.0217. The number of Topliss-reactive ketones (excluding diaryl/α,β-unsaturated/α-hetero) is 1. The molecule has 0 aromatic heterocycles. The third kappa shape index (κ3) is 5.83. The second kappa shape index (κ2) is 10.1. The quantitative estimate of drug-likeness (QED) is 0.528. The number of nitrogens with one attached hydrogen (secondary N) is 1. The van der Waals surface area contributed by atoms with Crippen molar-refractivity contribution in [2.45, 2.75) is 6.54 Å². The van der Waals surface area contributed by atoms with Crippen LogP contribution in [-0.2, 0) is 6.54 Å². The summed E-state index contributed by atoms with van der Waals surface area (Å²) in [7, 11) is 0. The second-order valence-electron chi connectivity index (χ2n) is 5.94. The summed E-state index contributed by atoms with van der Waals surface area (Å²) >= 11 is 0. The lowest BCUT2D eigenvalue weighted by atomic mass is 10.1. The normalized spacial score (nSPS) is 10.3. The summed E-state index contributed by atoms with van der Waals surface area (Å²) in [6.45, 7) is 9.69. The highest BCUT2D eigenvalue weighted by atomic mass is 16.2. The highest BCUT2D eigenvalue weighted by molar-refractivity contribution is 6.02. The molecule has 26 heavy (non-hydrogen) atoms. The van der Waals surface area contributed by atoms with Crippen molar-refractivity contribution in [1.82, 2.24) is 10.2 Å². The zero-order chi connectivity index (χ0) is 18.8. The summed E-state index contributed by atoms with van der Waals surface area (Å²) in [5, 5.41) is 2.69. The van der Waals surface area contributed by atoms with Crippen LogP contribution in [-0.4, -0.2) is 36.2 Å². The Morgan fingerprint density at radius 1 is 0.923 bits per heavy atom. The minimum atomic E-state index is -0.255. The van der Waals surface area contributed by atoms with Crippen molar-refractivity contribution in [3.63, 3.8) is 0 Å². The van der Waals surface area contributed by atoms with Crippen molar-refractivity contribution >= 4 is 11.7 Å². The summed E-state index contributed by atoms with van der Waals surface area (Å²) in [6.07, 6.45) is 3.69. The van der Waals surface area contributed by atoms with Gasteiger partial charge in [-0.05, 0) is 17.7 Å². The Bertz CT molecular complexity index is 759. The Kier molecular flexibility index (Phi) is 7.52. The van der Waals surface area contributed by atoms with E-state index in [1.807, 2.05) is 36.4 Å². The first kappa shape index (κ1) is 19.3. The highest BCUT2D eigenvalue weighted by Gasteiger charge is 2.11. The fourth-order valence-corrected chi connectivity index (χ4v) is 2.63. The third-order valence-corrected chi connectivity index (χ3v) is 3.88. The minimum Gasteiger partial charge on any atom is -0.345 e. The lowest BCUT2D eigenvalue weighted by molar-refractivity contribution is 0.0904. The van der Waals surface area contributed by atoms with E-state index in [4.69, 9.17) is 0 Å². The Hall–Kier alpha value is -2.98. The van der Waals surface area contributed by atoms with Crippen molar-refractivity contribution in [3.8, 4) is 0 Å². The van der Waals surface area contributed by atoms with Crippen LogP contribution in [0.4, 0.5) is 0 Å². The number of benzene rings is 2. The molecule has 134 valence electrons. The fraction of sp³-hybridized carbons (Fsp3) is 0.182. The maximum atomic E-state index is 12.4. The van der Waals surface area contributed by atoms with E-state index in [0.717, 1.165) is 18.7 Å². The van der Waals surface area contributed by atoms with E-state index in [9.17, 15) is 9.59 Å². The van der Waals surface area contributed by atoms with Crippen LogP contribution in [0.1, 0.15) is 26.3 Å². The van der Waals surface area contributed by atoms with Crippen LogP contribution >= 0.6 is 0 Å². The maximum Gasteiger partial charge on any atom is 0.251 e. The molecule has 0 aliphatic carbocycles. The molecule has 2 aromatic rings. The van der Waals surface area contributed by atoms with Gasteiger partial charge in [0.1, 0.15) is 0 Å². The lowest BCUT2D eigenvalue weighted by Gasteiger charge is -2.19. The molecule has 1 amide bonds. The molecule has 0 saturated heterocycles. The number of amides is 1. The predicted molar refractivity (Wildman–Crippen MR) is 105 cm³/mol. The van der Waals surface area contributed by atoms with Crippen LogP contribution in [0.25, 0.3) is 0 Å². The van der Waals surface area contributed by atoms with E-state index in [2.05, 4.69) is 23.4 Å². The number of ketones is 1. The van der Waals surface area contributed by atoms with E-state index in [0.29, 0.717) is 17.7 Å². The van der Waals surface area contributed by atoms with Crippen molar-refractivity contribution < 1.29 is 9.59 Å². The molecule has 0 atom stereocenters. The van der Waals surface area contributed by atoms with E-state index < -0.39 is 0 Å². The summed E-state index contributed by atoms with van der Waals surface area (Å²) in [5.41, 5.74) is 2.15. The molecule has 0 saturated carbocycles. The fourth-order valence-electron chi connectivity index (χ4n) is 2.63. The van der Waals surface area contributed by atoms with Gasteiger partial charge >= 0.3 is 0 Å². The third-order valence-electron chi connectivity index (χ3n) is 3.88. The largest absolute Gasteiger partial charge is 0.345 e. The van der Waals surface area contributed by atoms with Gasteiger partial charge in [-0.1, -0.05) is 54.6 Å². The molecule has 2 rings (SSSR count). The number of carbonyl (C=O) groups excluding carboxylic acids is 2. The van der Waals surface area contributed by atoms with Gasteiger partial charge in [0.15, 0.2) is 5.78 Å². The van der Waals surface area contributed by atoms with Crippen LogP contribution in [0, 0.1) is 0 Å². The van der Waals surface area contributed by atoms with Gasteiger partial charge in [-0.15, -0.1) is 13.2 Å². The SMILES string of the molecule is C=CCN(CC=C)Cc1cccc(C(=O)NCC(=O)c2ccccc2)c1. The summed E-state index contributed by atoms with van der Waals surface area (Å²) in [4.78, 5) is 26.6. The molecule has 4 heteroatoms. The zero-order valence-electron chi connectivity index (χ0n) is 14.9. The van der Waals surface area contributed by atoms with Crippen LogP contribution in [0.5, 0.6) is 0 Å². The molecular formula is C22H24N2O2. The van der Waals surface area contributed by atoms with Gasteiger partial charge in [-0.2, -0.15) is 0 Å². The number of hydrogen-bond donors (Lipinski definition) is 1. The van der Waals surface area contributed by atoms with Gasteiger partial charge in [0, 0.05) is 30.8 Å². The number of rotatable bonds is 10. The predicted octanol–water partition coefficient (Wildman–Crippen LogP) is 3.47. The Morgan fingerprint density at radius 2 is 1.58 bits per heavy atom. The molecule has 0 heterocycles. The average Bonchev–Trinajstić information content (AvgIpc) is 2.67.